The minimum atomic E-state index is -0.835. The van der Waals surface area contributed by atoms with E-state index in [2.05, 4.69) is 15.4 Å². The van der Waals surface area contributed by atoms with Gasteiger partial charge in [0.15, 0.2) is 0 Å². The van der Waals surface area contributed by atoms with Crippen molar-refractivity contribution in [3.8, 4) is 0 Å². The van der Waals surface area contributed by atoms with Crippen LogP contribution in [0.2, 0.25) is 0 Å². The third-order valence-corrected chi connectivity index (χ3v) is 4.64. The van der Waals surface area contributed by atoms with Gasteiger partial charge in [0.1, 0.15) is 6.04 Å². The zero-order valence-electron chi connectivity index (χ0n) is 13.0. The number of carbonyl (C=O) groups is 1. The van der Waals surface area contributed by atoms with Crippen molar-refractivity contribution in [1.82, 2.24) is 20.1 Å². The summed E-state index contributed by atoms with van der Waals surface area (Å²) >= 11 is 0. The summed E-state index contributed by atoms with van der Waals surface area (Å²) in [5.74, 6) is -0.835. The van der Waals surface area contributed by atoms with Crippen LogP contribution >= 0.6 is 0 Å². The van der Waals surface area contributed by atoms with Crippen LogP contribution in [0.1, 0.15) is 28.7 Å². The van der Waals surface area contributed by atoms with Crippen LogP contribution in [0.3, 0.4) is 0 Å². The Kier molecular flexibility index (Phi) is 3.02. The highest BCUT2D eigenvalue weighted by Gasteiger charge is 2.35. The second-order valence-electron chi connectivity index (χ2n) is 6.09. The molecule has 2 atom stereocenters. The third-order valence-electron chi connectivity index (χ3n) is 4.64. The minimum absolute atomic E-state index is 0.243. The topological polar surface area (TPSA) is 82.9 Å². The van der Waals surface area contributed by atoms with Crippen molar-refractivity contribution in [2.75, 3.05) is 0 Å². The summed E-state index contributed by atoms with van der Waals surface area (Å²) in [5.41, 5.74) is 4.99. The number of fused-ring (bicyclic) bond motifs is 3. The monoisotopic (exact) mass is 310 g/mol. The Labute approximate surface area is 133 Å². The van der Waals surface area contributed by atoms with Gasteiger partial charge in [-0.15, -0.1) is 0 Å². The van der Waals surface area contributed by atoms with Crippen LogP contribution in [-0.4, -0.2) is 31.9 Å². The normalized spacial score (nSPS) is 20.6. The zero-order valence-corrected chi connectivity index (χ0v) is 13.0. The first-order valence-electron chi connectivity index (χ1n) is 7.63. The molecule has 2 aromatic heterocycles. The van der Waals surface area contributed by atoms with E-state index in [0.717, 1.165) is 33.5 Å². The average Bonchev–Trinajstić information content (AvgIpc) is 3.07. The van der Waals surface area contributed by atoms with Gasteiger partial charge in [0.25, 0.3) is 0 Å². The Hall–Kier alpha value is -2.60. The summed E-state index contributed by atoms with van der Waals surface area (Å²) in [6.45, 7) is 1.99. The SMILES string of the molecule is Cc1cc([C@@H]2N[C@@H](C(=O)O)Cc3c2[nH]c2ccccc32)nn1C. The van der Waals surface area contributed by atoms with E-state index >= 15 is 0 Å². The predicted molar refractivity (Wildman–Crippen MR) is 86.4 cm³/mol. The van der Waals surface area contributed by atoms with Crippen molar-refractivity contribution >= 4 is 16.9 Å². The van der Waals surface area contributed by atoms with E-state index in [1.165, 1.54) is 0 Å². The highest BCUT2D eigenvalue weighted by atomic mass is 16.4. The summed E-state index contributed by atoms with van der Waals surface area (Å²) < 4.78 is 1.81. The maximum atomic E-state index is 11.6. The minimum Gasteiger partial charge on any atom is -0.480 e. The molecule has 23 heavy (non-hydrogen) atoms. The van der Waals surface area contributed by atoms with Crippen LogP contribution in [0.25, 0.3) is 10.9 Å². The summed E-state index contributed by atoms with van der Waals surface area (Å²) in [4.78, 5) is 15.0. The van der Waals surface area contributed by atoms with Crippen LogP contribution in [-0.2, 0) is 18.3 Å². The molecule has 3 heterocycles. The molecule has 0 amide bonds. The van der Waals surface area contributed by atoms with Crippen LogP contribution in [0.5, 0.6) is 0 Å². The Bertz CT molecular complexity index is 889. The molecule has 6 nitrogen and oxygen atoms in total. The molecule has 1 aromatic carbocycles. The van der Waals surface area contributed by atoms with Gasteiger partial charge in [0.2, 0.25) is 0 Å². The number of aromatic nitrogens is 3. The predicted octanol–water partition coefficient (Wildman–Crippen LogP) is 1.90. The van der Waals surface area contributed by atoms with E-state index in [9.17, 15) is 9.90 Å². The molecule has 3 N–H and O–H groups in total. The number of nitrogens with one attached hydrogen (secondary N) is 2. The molecular weight excluding hydrogens is 292 g/mol. The Morgan fingerprint density at radius 3 is 2.87 bits per heavy atom. The first-order chi connectivity index (χ1) is 11.0. The second kappa shape index (κ2) is 4.96. The average molecular weight is 310 g/mol. The number of benzene rings is 1. The smallest absolute Gasteiger partial charge is 0.321 e. The van der Waals surface area contributed by atoms with Gasteiger partial charge < -0.3 is 10.1 Å². The summed E-state index contributed by atoms with van der Waals surface area (Å²) in [5, 5.41) is 18.3. The van der Waals surface area contributed by atoms with Crippen LogP contribution in [0.4, 0.5) is 0 Å². The van der Waals surface area contributed by atoms with Crippen molar-refractivity contribution in [3.05, 3.63) is 53.0 Å². The number of aryl methyl sites for hydroxylation is 2. The van der Waals surface area contributed by atoms with E-state index in [0.29, 0.717) is 6.42 Å². The van der Waals surface area contributed by atoms with Gasteiger partial charge in [-0.25, -0.2) is 0 Å². The number of carboxylic acid groups (broad SMARTS) is 1. The number of carboxylic acids is 1. The largest absolute Gasteiger partial charge is 0.480 e. The van der Waals surface area contributed by atoms with Gasteiger partial charge in [-0.3, -0.25) is 14.8 Å². The molecule has 0 unspecified atom stereocenters. The number of rotatable bonds is 2. The molecular formula is C17H18N4O2. The van der Waals surface area contributed by atoms with Gasteiger partial charge in [0, 0.05) is 35.8 Å². The summed E-state index contributed by atoms with van der Waals surface area (Å²) in [7, 11) is 1.89. The maximum absolute atomic E-state index is 11.6. The van der Waals surface area contributed by atoms with Crippen molar-refractivity contribution in [2.45, 2.75) is 25.4 Å². The van der Waals surface area contributed by atoms with Crippen molar-refractivity contribution in [2.24, 2.45) is 7.05 Å². The Balaban J connectivity index is 1.91. The molecule has 0 saturated heterocycles. The molecule has 0 aliphatic carbocycles. The number of H-pyrrole nitrogens is 1. The van der Waals surface area contributed by atoms with Crippen molar-refractivity contribution in [1.29, 1.82) is 0 Å². The molecule has 1 aliphatic heterocycles. The number of para-hydroxylation sites is 1. The van der Waals surface area contributed by atoms with Gasteiger partial charge in [0.05, 0.1) is 11.7 Å². The van der Waals surface area contributed by atoms with E-state index in [4.69, 9.17) is 0 Å². The Morgan fingerprint density at radius 1 is 1.39 bits per heavy atom. The number of aliphatic carboxylic acids is 1. The number of nitrogens with zero attached hydrogens (tertiary/aromatic N) is 2. The molecule has 3 aromatic rings. The number of hydrogen-bond acceptors (Lipinski definition) is 3. The fourth-order valence-electron chi connectivity index (χ4n) is 3.36. The van der Waals surface area contributed by atoms with Crippen LogP contribution < -0.4 is 5.32 Å². The number of hydrogen-bond donors (Lipinski definition) is 3. The van der Waals surface area contributed by atoms with Crippen molar-refractivity contribution < 1.29 is 9.90 Å². The highest BCUT2D eigenvalue weighted by Crippen LogP contribution is 2.34. The third kappa shape index (κ3) is 2.14. The second-order valence-corrected chi connectivity index (χ2v) is 6.09. The fourth-order valence-corrected chi connectivity index (χ4v) is 3.36. The zero-order chi connectivity index (χ0) is 16.1. The first-order valence-corrected chi connectivity index (χ1v) is 7.63. The fraction of sp³-hybridized carbons (Fsp3) is 0.294. The molecule has 0 spiro atoms. The van der Waals surface area contributed by atoms with E-state index < -0.39 is 12.0 Å². The van der Waals surface area contributed by atoms with Gasteiger partial charge >= 0.3 is 5.97 Å². The van der Waals surface area contributed by atoms with Crippen LogP contribution in [0.15, 0.2) is 30.3 Å². The summed E-state index contributed by atoms with van der Waals surface area (Å²) in [6, 6.07) is 9.15. The lowest BCUT2D eigenvalue weighted by Gasteiger charge is -2.28. The molecule has 6 heteroatoms. The Morgan fingerprint density at radius 2 is 2.17 bits per heavy atom. The molecule has 118 valence electrons. The molecule has 0 bridgehead atoms. The van der Waals surface area contributed by atoms with Gasteiger partial charge in [-0.2, -0.15) is 5.10 Å². The number of aromatic amines is 1. The van der Waals surface area contributed by atoms with Gasteiger partial charge in [-0.05, 0) is 24.6 Å². The highest BCUT2D eigenvalue weighted by molar-refractivity contribution is 5.87. The first kappa shape index (κ1) is 14.0. The molecule has 0 radical (unpaired) electrons. The standard InChI is InChI=1S/C17H18N4O2/c1-9-7-13(20-21(9)2)16-15-11(8-14(19-16)17(22)23)10-5-3-4-6-12(10)18-15/h3-7,14,16,18-19H,8H2,1-2H3,(H,22,23)/t14-,16+/m1/s1. The van der Waals surface area contributed by atoms with E-state index in [-0.39, 0.29) is 6.04 Å². The molecule has 0 saturated carbocycles. The summed E-state index contributed by atoms with van der Waals surface area (Å²) in [6.07, 6.45) is 0.469. The van der Waals surface area contributed by atoms with Gasteiger partial charge in [-0.1, -0.05) is 18.2 Å². The van der Waals surface area contributed by atoms with Crippen LogP contribution in [0, 0.1) is 6.92 Å². The van der Waals surface area contributed by atoms with E-state index in [1.54, 1.807) is 0 Å². The lowest BCUT2D eigenvalue weighted by Crippen LogP contribution is -2.45. The van der Waals surface area contributed by atoms with E-state index in [1.807, 2.05) is 49.0 Å². The lowest BCUT2D eigenvalue weighted by atomic mass is 9.92. The molecule has 1 aliphatic rings. The maximum Gasteiger partial charge on any atom is 0.321 e. The molecule has 4 rings (SSSR count). The quantitative estimate of drug-likeness (QED) is 0.675. The lowest BCUT2D eigenvalue weighted by molar-refractivity contribution is -0.139. The molecule has 0 fully saturated rings. The van der Waals surface area contributed by atoms with Crippen molar-refractivity contribution in [3.63, 3.8) is 0 Å².